The molecule has 4 N–H and O–H groups in total. The molecular formula is C11H20N2O2. The van der Waals surface area contributed by atoms with E-state index < -0.39 is 5.41 Å². The number of hydrogen-bond acceptors (Lipinski definition) is 2. The van der Waals surface area contributed by atoms with Gasteiger partial charge < -0.3 is 11.5 Å². The minimum atomic E-state index is -0.529. The molecular weight excluding hydrogens is 192 g/mol. The molecule has 0 aromatic heterocycles. The van der Waals surface area contributed by atoms with Crippen LogP contribution in [0.15, 0.2) is 0 Å². The van der Waals surface area contributed by atoms with E-state index in [1.54, 1.807) is 0 Å². The first-order valence-electron chi connectivity index (χ1n) is 5.30. The van der Waals surface area contributed by atoms with Crippen LogP contribution in [0.2, 0.25) is 0 Å². The fraction of sp³-hybridized carbons (Fsp3) is 0.818. The number of carbonyl (C=O) groups excluding carboxylic acids is 2. The molecule has 1 fully saturated rings. The second-order valence-electron chi connectivity index (χ2n) is 5.42. The molecule has 2 unspecified atom stereocenters. The van der Waals surface area contributed by atoms with Crippen molar-refractivity contribution in [2.45, 2.75) is 40.0 Å². The Hall–Kier alpha value is -1.06. The largest absolute Gasteiger partial charge is 0.369 e. The van der Waals surface area contributed by atoms with E-state index in [9.17, 15) is 9.59 Å². The van der Waals surface area contributed by atoms with E-state index in [-0.39, 0.29) is 23.1 Å². The number of carbonyl (C=O) groups is 2. The van der Waals surface area contributed by atoms with Crippen molar-refractivity contribution in [3.63, 3.8) is 0 Å². The third kappa shape index (κ3) is 1.85. The molecule has 4 heteroatoms. The number of primary amides is 2. The molecule has 0 heterocycles. The highest BCUT2D eigenvalue weighted by Crippen LogP contribution is 2.51. The average Bonchev–Trinajstić information content (AvgIpc) is 2.08. The van der Waals surface area contributed by atoms with Crippen LogP contribution in [-0.4, -0.2) is 11.8 Å². The van der Waals surface area contributed by atoms with Gasteiger partial charge in [0.1, 0.15) is 0 Å². The van der Waals surface area contributed by atoms with E-state index in [2.05, 4.69) is 0 Å². The summed E-state index contributed by atoms with van der Waals surface area (Å²) in [5, 5.41) is 0. The van der Waals surface area contributed by atoms with Crippen molar-refractivity contribution in [1.29, 1.82) is 0 Å². The molecule has 86 valence electrons. The Bertz CT molecular complexity index is 299. The van der Waals surface area contributed by atoms with Gasteiger partial charge in [0, 0.05) is 5.92 Å². The summed E-state index contributed by atoms with van der Waals surface area (Å²) in [5.41, 5.74) is 9.95. The van der Waals surface area contributed by atoms with Gasteiger partial charge in [0.05, 0.1) is 5.41 Å². The molecule has 15 heavy (non-hydrogen) atoms. The molecule has 2 amide bonds. The van der Waals surface area contributed by atoms with E-state index in [0.29, 0.717) is 19.3 Å². The van der Waals surface area contributed by atoms with Gasteiger partial charge in [-0.15, -0.1) is 0 Å². The quantitative estimate of drug-likeness (QED) is 0.709. The Morgan fingerprint density at radius 1 is 1.20 bits per heavy atom. The highest BCUT2D eigenvalue weighted by molar-refractivity contribution is 5.82. The molecule has 0 radical (unpaired) electrons. The Morgan fingerprint density at radius 3 is 2.07 bits per heavy atom. The van der Waals surface area contributed by atoms with Gasteiger partial charge in [0.25, 0.3) is 0 Å². The fourth-order valence-electron chi connectivity index (χ4n) is 2.44. The number of nitrogens with two attached hydrogens (primary N) is 2. The molecule has 0 aromatic carbocycles. The van der Waals surface area contributed by atoms with Crippen molar-refractivity contribution in [2.75, 3.05) is 0 Å². The second kappa shape index (κ2) is 3.51. The van der Waals surface area contributed by atoms with Crippen LogP contribution in [-0.2, 0) is 9.59 Å². The van der Waals surface area contributed by atoms with Gasteiger partial charge in [-0.25, -0.2) is 0 Å². The van der Waals surface area contributed by atoms with Crippen molar-refractivity contribution in [1.82, 2.24) is 0 Å². The topological polar surface area (TPSA) is 86.2 Å². The third-order valence-corrected chi connectivity index (χ3v) is 4.19. The lowest BCUT2D eigenvalue weighted by Gasteiger charge is -2.47. The molecule has 1 saturated carbocycles. The molecule has 0 saturated heterocycles. The molecule has 1 rings (SSSR count). The van der Waals surface area contributed by atoms with Crippen molar-refractivity contribution in [3.05, 3.63) is 0 Å². The molecule has 0 spiro atoms. The number of rotatable bonds is 2. The predicted molar refractivity (Wildman–Crippen MR) is 57.6 cm³/mol. The van der Waals surface area contributed by atoms with Gasteiger partial charge in [-0.3, -0.25) is 9.59 Å². The van der Waals surface area contributed by atoms with Crippen molar-refractivity contribution >= 4 is 11.8 Å². The summed E-state index contributed by atoms with van der Waals surface area (Å²) >= 11 is 0. The van der Waals surface area contributed by atoms with Crippen LogP contribution < -0.4 is 11.5 Å². The van der Waals surface area contributed by atoms with E-state index >= 15 is 0 Å². The standard InChI is InChI=1S/C11H20N2O2/c1-10(2)6-7(8(12)14)4-5-11(10,3)9(13)15/h7H,4-6H2,1-3H3,(H2,12,14)(H2,13,15). The van der Waals surface area contributed by atoms with Gasteiger partial charge in [0.2, 0.25) is 11.8 Å². The maximum atomic E-state index is 11.5. The summed E-state index contributed by atoms with van der Waals surface area (Å²) in [4.78, 5) is 22.6. The van der Waals surface area contributed by atoms with Crippen LogP contribution in [0, 0.1) is 16.7 Å². The molecule has 4 nitrogen and oxygen atoms in total. The first-order chi connectivity index (χ1) is 6.71. The van der Waals surface area contributed by atoms with Gasteiger partial charge in [-0.05, 0) is 24.7 Å². The van der Waals surface area contributed by atoms with E-state index in [4.69, 9.17) is 11.5 Å². The number of amides is 2. The Balaban J connectivity index is 2.93. The van der Waals surface area contributed by atoms with E-state index in [1.807, 2.05) is 20.8 Å². The van der Waals surface area contributed by atoms with Crippen molar-refractivity contribution < 1.29 is 9.59 Å². The second-order valence-corrected chi connectivity index (χ2v) is 5.42. The minimum Gasteiger partial charge on any atom is -0.369 e. The van der Waals surface area contributed by atoms with Crippen molar-refractivity contribution in [2.24, 2.45) is 28.2 Å². The zero-order valence-corrected chi connectivity index (χ0v) is 9.67. The summed E-state index contributed by atoms with van der Waals surface area (Å²) in [5.74, 6) is -0.669. The zero-order chi connectivity index (χ0) is 11.9. The maximum Gasteiger partial charge on any atom is 0.223 e. The van der Waals surface area contributed by atoms with Crippen LogP contribution >= 0.6 is 0 Å². The Morgan fingerprint density at radius 2 is 1.73 bits per heavy atom. The van der Waals surface area contributed by atoms with Crippen LogP contribution in [0.3, 0.4) is 0 Å². The van der Waals surface area contributed by atoms with E-state index in [0.717, 1.165) is 0 Å². The zero-order valence-electron chi connectivity index (χ0n) is 9.67. The fourth-order valence-corrected chi connectivity index (χ4v) is 2.44. The molecule has 0 aliphatic heterocycles. The molecule has 0 aromatic rings. The highest BCUT2D eigenvalue weighted by atomic mass is 16.1. The SMILES string of the molecule is CC1(C)CC(C(N)=O)CCC1(C)C(N)=O. The summed E-state index contributed by atoms with van der Waals surface area (Å²) in [6.45, 7) is 5.84. The minimum absolute atomic E-state index is 0.118. The summed E-state index contributed by atoms with van der Waals surface area (Å²) in [7, 11) is 0. The third-order valence-electron chi connectivity index (χ3n) is 4.19. The average molecular weight is 212 g/mol. The first-order valence-corrected chi connectivity index (χ1v) is 5.30. The molecule has 0 bridgehead atoms. The van der Waals surface area contributed by atoms with Crippen molar-refractivity contribution in [3.8, 4) is 0 Å². The Kier molecular flexibility index (Phi) is 2.81. The van der Waals surface area contributed by atoms with E-state index in [1.165, 1.54) is 0 Å². The predicted octanol–water partition coefficient (Wildman–Crippen LogP) is 0.790. The molecule has 1 aliphatic carbocycles. The van der Waals surface area contributed by atoms with Gasteiger partial charge in [-0.1, -0.05) is 20.8 Å². The van der Waals surface area contributed by atoms with Gasteiger partial charge in [0.15, 0.2) is 0 Å². The molecule has 2 atom stereocenters. The first kappa shape index (κ1) is 12.0. The van der Waals surface area contributed by atoms with Crippen LogP contribution in [0.1, 0.15) is 40.0 Å². The van der Waals surface area contributed by atoms with Gasteiger partial charge >= 0.3 is 0 Å². The van der Waals surface area contributed by atoms with Crippen LogP contribution in [0.25, 0.3) is 0 Å². The number of hydrogen-bond donors (Lipinski definition) is 2. The monoisotopic (exact) mass is 212 g/mol. The smallest absolute Gasteiger partial charge is 0.223 e. The summed E-state index contributed by atoms with van der Waals surface area (Å²) < 4.78 is 0. The van der Waals surface area contributed by atoms with Crippen LogP contribution in [0.5, 0.6) is 0 Å². The highest BCUT2D eigenvalue weighted by Gasteiger charge is 2.50. The Labute approximate surface area is 90.4 Å². The van der Waals surface area contributed by atoms with Gasteiger partial charge in [-0.2, -0.15) is 0 Å². The summed E-state index contributed by atoms with van der Waals surface area (Å²) in [6, 6.07) is 0. The van der Waals surface area contributed by atoms with Crippen LogP contribution in [0.4, 0.5) is 0 Å². The maximum absolute atomic E-state index is 11.5. The molecule has 1 aliphatic rings. The lowest BCUT2D eigenvalue weighted by Crippen LogP contribution is -2.51. The lowest BCUT2D eigenvalue weighted by atomic mass is 9.56. The summed E-state index contributed by atoms with van der Waals surface area (Å²) in [6.07, 6.45) is 1.95. The normalized spacial score (nSPS) is 34.7. The lowest BCUT2D eigenvalue weighted by molar-refractivity contribution is -0.142.